The van der Waals surface area contributed by atoms with Crippen LogP contribution in [0.2, 0.25) is 0 Å². The molecule has 56 heavy (non-hydrogen) atoms. The van der Waals surface area contributed by atoms with Crippen LogP contribution in [0.15, 0.2) is 97.1 Å². The van der Waals surface area contributed by atoms with Crippen LogP contribution in [0.25, 0.3) is 0 Å². The van der Waals surface area contributed by atoms with Gasteiger partial charge >= 0.3 is 6.03 Å². The summed E-state index contributed by atoms with van der Waals surface area (Å²) < 4.78 is 16.1. The zero-order chi connectivity index (χ0) is 40.4. The lowest BCUT2D eigenvalue weighted by Gasteiger charge is -2.35. The molecule has 0 fully saturated rings. The van der Waals surface area contributed by atoms with Gasteiger partial charge in [-0.1, -0.05) is 93.6 Å². The Balaban J connectivity index is 1.43. The molecule has 7 N–H and O–H groups in total. The van der Waals surface area contributed by atoms with Gasteiger partial charge in [-0.05, 0) is 58.4 Å². The minimum Gasteiger partial charge on any atom is -0.497 e. The third kappa shape index (κ3) is 10.4. The molecule has 5 rings (SSSR count). The van der Waals surface area contributed by atoms with Crippen LogP contribution in [0.4, 0.5) is 10.5 Å². The van der Waals surface area contributed by atoms with E-state index in [4.69, 9.17) is 14.2 Å². The van der Waals surface area contributed by atoms with Crippen LogP contribution in [0.5, 0.6) is 17.2 Å². The second kappa shape index (κ2) is 18.8. The predicted octanol–water partition coefficient (Wildman–Crippen LogP) is 4.27. The minimum atomic E-state index is -1.48. The lowest BCUT2D eigenvalue weighted by molar-refractivity contribution is -0.131. The second-order valence-corrected chi connectivity index (χ2v) is 14.9. The SMILES string of the molecule is COc1ccc(CN[C@@H](C(=O)NC2c3ccccc3CC2O)[C@@H](O)[C@H](Cc2ccccc2)NC(=O)[C@@H](NC(=O)Nc2cccc(OC)c2OC)C(C)(C)C)cc1. The number of amides is 4. The first kappa shape index (κ1) is 41.5. The molecule has 0 saturated heterocycles. The minimum absolute atomic E-state index is 0.153. The highest BCUT2D eigenvalue weighted by molar-refractivity contribution is 5.95. The number of anilines is 1. The largest absolute Gasteiger partial charge is 0.497 e. The van der Waals surface area contributed by atoms with E-state index >= 15 is 0 Å². The molecule has 0 aliphatic heterocycles. The van der Waals surface area contributed by atoms with E-state index in [0.29, 0.717) is 29.4 Å². The topological polar surface area (TPSA) is 180 Å². The number of hydrogen-bond acceptors (Lipinski definition) is 9. The van der Waals surface area contributed by atoms with Crippen molar-refractivity contribution in [1.82, 2.24) is 21.3 Å². The molecular formula is C43H53N5O8. The first-order valence-electron chi connectivity index (χ1n) is 18.6. The molecule has 4 aromatic rings. The van der Waals surface area contributed by atoms with Crippen molar-refractivity contribution in [2.45, 2.75) is 76.5 Å². The number of para-hydroxylation sites is 1. The molecule has 6 atom stereocenters. The number of aliphatic hydroxyl groups excluding tert-OH is 2. The van der Waals surface area contributed by atoms with Gasteiger partial charge in [0.1, 0.15) is 17.8 Å². The van der Waals surface area contributed by atoms with E-state index in [0.717, 1.165) is 22.3 Å². The standard InChI is InChI=1S/C43H53N5O8/c1-43(2,3)39(48-42(53)46-31-17-12-18-34(55-5)38(31)56-6)41(52)45-32(23-26-13-8-7-9-14-26)37(50)36(44-25-27-19-21-29(54-4)22-20-27)40(51)47-35-30-16-11-10-15-28(30)24-33(35)49/h7-22,32-33,35-37,39,44,49-50H,23-25H2,1-6H3,(H,45,52)(H,47,51)(H2,46,48,53)/t32-,33?,35?,36+,37-,39+/m0/s1. The molecule has 4 amide bonds. The average Bonchev–Trinajstić information content (AvgIpc) is 3.50. The summed E-state index contributed by atoms with van der Waals surface area (Å²) in [5.41, 5.74) is 2.89. The van der Waals surface area contributed by atoms with Gasteiger partial charge < -0.3 is 45.7 Å². The number of benzene rings is 4. The fraction of sp³-hybridized carbons (Fsp3) is 0.372. The molecule has 0 spiro atoms. The van der Waals surface area contributed by atoms with Crippen molar-refractivity contribution in [3.05, 3.63) is 119 Å². The number of nitrogens with one attached hydrogen (secondary N) is 5. The lowest BCUT2D eigenvalue weighted by atomic mass is 9.85. The molecule has 0 aromatic heterocycles. The molecule has 0 heterocycles. The number of methoxy groups -OCH3 is 3. The van der Waals surface area contributed by atoms with E-state index in [1.165, 1.54) is 14.2 Å². The van der Waals surface area contributed by atoms with Gasteiger partial charge in [0.2, 0.25) is 11.8 Å². The Morgan fingerprint density at radius 1 is 0.786 bits per heavy atom. The maximum absolute atomic E-state index is 14.3. The number of urea groups is 1. The summed E-state index contributed by atoms with van der Waals surface area (Å²) in [5.74, 6) is 0.267. The number of ether oxygens (including phenoxy) is 3. The van der Waals surface area contributed by atoms with Crippen LogP contribution in [0, 0.1) is 5.41 Å². The van der Waals surface area contributed by atoms with Gasteiger partial charge in [0.15, 0.2) is 11.5 Å². The van der Waals surface area contributed by atoms with E-state index in [2.05, 4.69) is 26.6 Å². The highest BCUT2D eigenvalue weighted by atomic mass is 16.5. The van der Waals surface area contributed by atoms with Gasteiger partial charge in [0.25, 0.3) is 0 Å². The van der Waals surface area contributed by atoms with Gasteiger partial charge in [-0.2, -0.15) is 0 Å². The van der Waals surface area contributed by atoms with Gasteiger partial charge in [0, 0.05) is 13.0 Å². The summed E-state index contributed by atoms with van der Waals surface area (Å²) in [4.78, 5) is 42.1. The first-order chi connectivity index (χ1) is 26.8. The third-order valence-electron chi connectivity index (χ3n) is 9.90. The van der Waals surface area contributed by atoms with Crippen molar-refractivity contribution in [2.75, 3.05) is 26.6 Å². The number of hydrogen-bond donors (Lipinski definition) is 7. The third-order valence-corrected chi connectivity index (χ3v) is 9.90. The fourth-order valence-electron chi connectivity index (χ4n) is 6.90. The summed E-state index contributed by atoms with van der Waals surface area (Å²) in [5, 5.41) is 38.0. The van der Waals surface area contributed by atoms with Crippen LogP contribution in [0.1, 0.15) is 49.1 Å². The van der Waals surface area contributed by atoms with E-state index in [1.807, 2.05) is 87.5 Å². The smallest absolute Gasteiger partial charge is 0.320 e. The molecule has 0 saturated carbocycles. The van der Waals surface area contributed by atoms with Crippen LogP contribution < -0.4 is 40.8 Å². The molecule has 0 radical (unpaired) electrons. The maximum atomic E-state index is 14.3. The molecule has 13 heteroatoms. The van der Waals surface area contributed by atoms with Crippen LogP contribution in [-0.2, 0) is 29.0 Å². The van der Waals surface area contributed by atoms with Gasteiger partial charge in [-0.15, -0.1) is 0 Å². The highest BCUT2D eigenvalue weighted by Gasteiger charge is 2.40. The van der Waals surface area contributed by atoms with Gasteiger partial charge in [0.05, 0.1) is 51.3 Å². The molecule has 0 bridgehead atoms. The lowest BCUT2D eigenvalue weighted by Crippen LogP contribution is -2.62. The number of carbonyl (C=O) groups is 3. The molecular weight excluding hydrogens is 714 g/mol. The average molecular weight is 768 g/mol. The van der Waals surface area contributed by atoms with Crippen molar-refractivity contribution < 1.29 is 38.8 Å². The summed E-state index contributed by atoms with van der Waals surface area (Å²) >= 11 is 0. The summed E-state index contributed by atoms with van der Waals surface area (Å²) in [6.07, 6.45) is -1.82. The number of aliphatic hydroxyl groups is 2. The Labute approximate surface area is 328 Å². The maximum Gasteiger partial charge on any atom is 0.320 e. The quantitative estimate of drug-likeness (QED) is 0.0877. The van der Waals surface area contributed by atoms with Gasteiger partial charge in [-0.25, -0.2) is 4.79 Å². The van der Waals surface area contributed by atoms with E-state index in [1.54, 1.807) is 37.4 Å². The Hall–Kier alpha value is -5.63. The first-order valence-corrected chi connectivity index (χ1v) is 18.6. The Morgan fingerprint density at radius 3 is 2.14 bits per heavy atom. The Morgan fingerprint density at radius 2 is 1.48 bits per heavy atom. The predicted molar refractivity (Wildman–Crippen MR) is 214 cm³/mol. The highest BCUT2D eigenvalue weighted by Crippen LogP contribution is 2.35. The van der Waals surface area contributed by atoms with Crippen LogP contribution in [-0.4, -0.2) is 79.7 Å². The molecule has 4 aromatic carbocycles. The number of fused-ring (bicyclic) bond motifs is 1. The molecule has 2 unspecified atom stereocenters. The van der Waals surface area contributed by atoms with Crippen molar-refractivity contribution in [2.24, 2.45) is 5.41 Å². The zero-order valence-electron chi connectivity index (χ0n) is 32.7. The molecule has 1 aliphatic carbocycles. The van der Waals surface area contributed by atoms with Crippen LogP contribution in [0.3, 0.4) is 0 Å². The van der Waals surface area contributed by atoms with Crippen molar-refractivity contribution >= 4 is 23.5 Å². The fourth-order valence-corrected chi connectivity index (χ4v) is 6.90. The normalized spacial score (nSPS) is 17.0. The van der Waals surface area contributed by atoms with E-state index in [-0.39, 0.29) is 13.0 Å². The molecule has 1 aliphatic rings. The van der Waals surface area contributed by atoms with E-state index in [9.17, 15) is 24.6 Å². The Kier molecular flexibility index (Phi) is 13.9. The van der Waals surface area contributed by atoms with Crippen LogP contribution >= 0.6 is 0 Å². The summed E-state index contributed by atoms with van der Waals surface area (Å²) in [7, 11) is 4.52. The summed E-state index contributed by atoms with van der Waals surface area (Å²) in [6, 6.07) is 24.4. The summed E-state index contributed by atoms with van der Waals surface area (Å²) in [6.45, 7) is 5.62. The van der Waals surface area contributed by atoms with Gasteiger partial charge in [-0.3, -0.25) is 14.9 Å². The number of rotatable bonds is 16. The molecule has 298 valence electrons. The molecule has 13 nitrogen and oxygen atoms in total. The van der Waals surface area contributed by atoms with E-state index < -0.39 is 59.6 Å². The Bertz CT molecular complexity index is 1930. The number of carbonyl (C=O) groups excluding carboxylic acids is 3. The van der Waals surface area contributed by atoms with Crippen molar-refractivity contribution in [3.63, 3.8) is 0 Å². The zero-order valence-corrected chi connectivity index (χ0v) is 32.7. The van der Waals surface area contributed by atoms with Crippen molar-refractivity contribution in [1.29, 1.82) is 0 Å². The second-order valence-electron chi connectivity index (χ2n) is 14.9. The van der Waals surface area contributed by atoms with Crippen molar-refractivity contribution in [3.8, 4) is 17.2 Å². The monoisotopic (exact) mass is 767 g/mol.